The first kappa shape index (κ1) is 14.5. The molecule has 0 spiro atoms. The summed E-state index contributed by atoms with van der Waals surface area (Å²) in [6.07, 6.45) is 0.0380. The molecule has 20 heavy (non-hydrogen) atoms. The molecule has 2 nitrogen and oxygen atoms in total. The van der Waals surface area contributed by atoms with E-state index in [0.29, 0.717) is 5.56 Å². The van der Waals surface area contributed by atoms with Crippen LogP contribution in [0, 0.1) is 11.6 Å². The number of hydrogen-bond donors (Lipinski definition) is 1. The Kier molecular flexibility index (Phi) is 4.35. The van der Waals surface area contributed by atoms with Gasteiger partial charge in [-0.25, -0.2) is 8.78 Å². The van der Waals surface area contributed by atoms with Crippen molar-refractivity contribution in [3.8, 4) is 0 Å². The second-order valence-electron chi connectivity index (χ2n) is 4.36. The van der Waals surface area contributed by atoms with Gasteiger partial charge >= 0.3 is 5.97 Å². The SMILES string of the molecule is O=C(O)C(Cc1ccc(F)c(Cl)c1)c1ccccc1F. The quantitative estimate of drug-likeness (QED) is 0.925. The smallest absolute Gasteiger partial charge is 0.311 e. The van der Waals surface area contributed by atoms with Crippen molar-refractivity contribution in [2.45, 2.75) is 12.3 Å². The van der Waals surface area contributed by atoms with Gasteiger partial charge in [-0.1, -0.05) is 35.9 Å². The minimum Gasteiger partial charge on any atom is -0.481 e. The monoisotopic (exact) mass is 296 g/mol. The van der Waals surface area contributed by atoms with Crippen molar-refractivity contribution in [2.24, 2.45) is 0 Å². The molecule has 1 unspecified atom stereocenters. The van der Waals surface area contributed by atoms with E-state index < -0.39 is 23.5 Å². The number of carbonyl (C=O) groups is 1. The van der Waals surface area contributed by atoms with Crippen LogP contribution in [0.5, 0.6) is 0 Å². The molecule has 0 aliphatic rings. The van der Waals surface area contributed by atoms with Gasteiger partial charge in [-0.2, -0.15) is 0 Å². The molecular weight excluding hydrogens is 286 g/mol. The number of benzene rings is 2. The lowest BCUT2D eigenvalue weighted by atomic mass is 9.91. The summed E-state index contributed by atoms with van der Waals surface area (Å²) in [6.45, 7) is 0. The second-order valence-corrected chi connectivity index (χ2v) is 4.77. The molecule has 0 saturated heterocycles. The molecule has 0 aliphatic heterocycles. The number of aliphatic carboxylic acids is 1. The third kappa shape index (κ3) is 3.14. The molecule has 104 valence electrons. The van der Waals surface area contributed by atoms with E-state index in [1.807, 2.05) is 0 Å². The van der Waals surface area contributed by atoms with Gasteiger partial charge in [-0.05, 0) is 30.2 Å². The van der Waals surface area contributed by atoms with Gasteiger partial charge in [0.05, 0.1) is 10.9 Å². The van der Waals surface area contributed by atoms with Crippen LogP contribution in [0.3, 0.4) is 0 Å². The summed E-state index contributed by atoms with van der Waals surface area (Å²) in [5.41, 5.74) is 0.632. The van der Waals surface area contributed by atoms with Crippen LogP contribution < -0.4 is 0 Å². The average Bonchev–Trinajstić information content (AvgIpc) is 2.41. The van der Waals surface area contributed by atoms with Crippen LogP contribution in [0.4, 0.5) is 8.78 Å². The molecule has 0 fully saturated rings. The van der Waals surface area contributed by atoms with Crippen LogP contribution in [-0.2, 0) is 11.2 Å². The van der Waals surface area contributed by atoms with E-state index >= 15 is 0 Å². The fourth-order valence-corrected chi connectivity index (χ4v) is 2.19. The summed E-state index contributed by atoms with van der Waals surface area (Å²) in [5.74, 6) is -3.34. The van der Waals surface area contributed by atoms with E-state index in [-0.39, 0.29) is 17.0 Å². The Hall–Kier alpha value is -1.94. The van der Waals surface area contributed by atoms with Crippen molar-refractivity contribution in [3.05, 3.63) is 70.2 Å². The number of halogens is 3. The van der Waals surface area contributed by atoms with Crippen molar-refractivity contribution in [1.29, 1.82) is 0 Å². The maximum absolute atomic E-state index is 13.7. The van der Waals surface area contributed by atoms with Gasteiger partial charge in [-0.3, -0.25) is 4.79 Å². The summed E-state index contributed by atoms with van der Waals surface area (Å²) in [6, 6.07) is 9.67. The van der Waals surface area contributed by atoms with Gasteiger partial charge in [0.25, 0.3) is 0 Å². The highest BCUT2D eigenvalue weighted by Gasteiger charge is 2.23. The van der Waals surface area contributed by atoms with Crippen LogP contribution in [0.25, 0.3) is 0 Å². The normalized spacial score (nSPS) is 12.2. The maximum atomic E-state index is 13.7. The molecule has 0 aromatic heterocycles. The van der Waals surface area contributed by atoms with Crippen molar-refractivity contribution < 1.29 is 18.7 Å². The predicted molar refractivity (Wildman–Crippen MR) is 71.9 cm³/mol. The Morgan fingerprint density at radius 1 is 1.15 bits per heavy atom. The Morgan fingerprint density at radius 3 is 2.45 bits per heavy atom. The van der Waals surface area contributed by atoms with Crippen molar-refractivity contribution in [3.63, 3.8) is 0 Å². The van der Waals surface area contributed by atoms with Crippen LogP contribution in [0.2, 0.25) is 5.02 Å². The highest BCUT2D eigenvalue weighted by atomic mass is 35.5. The van der Waals surface area contributed by atoms with Gasteiger partial charge < -0.3 is 5.11 Å². The van der Waals surface area contributed by atoms with Gasteiger partial charge in [-0.15, -0.1) is 0 Å². The molecule has 2 aromatic rings. The number of carboxylic acid groups (broad SMARTS) is 1. The molecule has 0 saturated carbocycles. The van der Waals surface area contributed by atoms with Crippen LogP contribution >= 0.6 is 11.6 Å². The van der Waals surface area contributed by atoms with Crippen LogP contribution in [0.1, 0.15) is 17.0 Å². The number of hydrogen-bond acceptors (Lipinski definition) is 1. The third-order valence-corrected chi connectivity index (χ3v) is 3.29. The standard InChI is InChI=1S/C15H11ClF2O2/c16-12-8-9(5-6-14(12)18)7-11(15(19)20)10-3-1-2-4-13(10)17/h1-6,8,11H,7H2,(H,19,20). The van der Waals surface area contributed by atoms with E-state index in [0.717, 1.165) is 6.07 Å². The van der Waals surface area contributed by atoms with Crippen molar-refractivity contribution >= 4 is 17.6 Å². The Labute approximate surface area is 119 Å². The summed E-state index contributed by atoms with van der Waals surface area (Å²) in [5, 5.41) is 9.18. The number of carboxylic acids is 1. The van der Waals surface area contributed by atoms with E-state index in [1.165, 1.54) is 30.3 Å². The van der Waals surface area contributed by atoms with Gasteiger partial charge in [0.15, 0.2) is 0 Å². The zero-order valence-corrected chi connectivity index (χ0v) is 11.1. The molecule has 0 bridgehead atoms. The first-order valence-electron chi connectivity index (χ1n) is 5.90. The molecular formula is C15H11ClF2O2. The van der Waals surface area contributed by atoms with Crippen LogP contribution in [0.15, 0.2) is 42.5 Å². The average molecular weight is 297 g/mol. The minimum absolute atomic E-state index is 0.0380. The largest absolute Gasteiger partial charge is 0.481 e. The Morgan fingerprint density at radius 2 is 1.85 bits per heavy atom. The number of rotatable bonds is 4. The Bertz CT molecular complexity index is 644. The lowest BCUT2D eigenvalue weighted by Crippen LogP contribution is -2.16. The predicted octanol–water partition coefficient (Wildman–Crippen LogP) is 4.03. The van der Waals surface area contributed by atoms with Crippen LogP contribution in [-0.4, -0.2) is 11.1 Å². The van der Waals surface area contributed by atoms with E-state index in [1.54, 1.807) is 6.07 Å². The van der Waals surface area contributed by atoms with Crippen molar-refractivity contribution in [1.82, 2.24) is 0 Å². The molecule has 1 atom stereocenters. The first-order valence-corrected chi connectivity index (χ1v) is 6.28. The fourth-order valence-electron chi connectivity index (χ4n) is 1.99. The summed E-state index contributed by atoms with van der Waals surface area (Å²) in [7, 11) is 0. The molecule has 2 rings (SSSR count). The Balaban J connectivity index is 2.33. The first-order chi connectivity index (χ1) is 9.49. The summed E-state index contributed by atoms with van der Waals surface area (Å²) in [4.78, 5) is 11.3. The highest BCUT2D eigenvalue weighted by molar-refractivity contribution is 6.30. The molecule has 5 heteroatoms. The van der Waals surface area contributed by atoms with E-state index in [2.05, 4.69) is 0 Å². The second kappa shape index (κ2) is 6.01. The van der Waals surface area contributed by atoms with Gasteiger partial charge in [0.1, 0.15) is 11.6 Å². The summed E-state index contributed by atoms with van der Waals surface area (Å²) < 4.78 is 26.8. The lowest BCUT2D eigenvalue weighted by molar-refractivity contribution is -0.138. The minimum atomic E-state index is -1.14. The molecule has 0 heterocycles. The molecule has 2 aromatic carbocycles. The molecule has 1 N–H and O–H groups in total. The zero-order chi connectivity index (χ0) is 14.7. The van der Waals surface area contributed by atoms with Crippen molar-refractivity contribution in [2.75, 3.05) is 0 Å². The van der Waals surface area contributed by atoms with Gasteiger partial charge in [0, 0.05) is 5.56 Å². The van der Waals surface area contributed by atoms with E-state index in [9.17, 15) is 18.7 Å². The topological polar surface area (TPSA) is 37.3 Å². The zero-order valence-electron chi connectivity index (χ0n) is 10.3. The van der Waals surface area contributed by atoms with E-state index in [4.69, 9.17) is 11.6 Å². The lowest BCUT2D eigenvalue weighted by Gasteiger charge is -2.14. The maximum Gasteiger partial charge on any atom is 0.311 e. The fraction of sp³-hybridized carbons (Fsp3) is 0.133. The highest BCUT2D eigenvalue weighted by Crippen LogP contribution is 2.25. The molecule has 0 amide bonds. The van der Waals surface area contributed by atoms with Gasteiger partial charge in [0.2, 0.25) is 0 Å². The summed E-state index contributed by atoms with van der Waals surface area (Å²) >= 11 is 5.66. The molecule has 0 radical (unpaired) electrons. The third-order valence-electron chi connectivity index (χ3n) is 3.00. The molecule has 0 aliphatic carbocycles.